The number of aromatic amines is 2. The second kappa shape index (κ2) is 7.55. The lowest BCUT2D eigenvalue weighted by Crippen LogP contribution is -1.97. The maximum atomic E-state index is 3.58. The summed E-state index contributed by atoms with van der Waals surface area (Å²) in [5.41, 5.74) is 9.12. The van der Waals surface area contributed by atoms with E-state index < -0.39 is 0 Å². The van der Waals surface area contributed by atoms with E-state index in [0.717, 1.165) is 6.42 Å². The van der Waals surface area contributed by atoms with Crippen molar-refractivity contribution in [2.45, 2.75) is 40.0 Å². The van der Waals surface area contributed by atoms with Crippen molar-refractivity contribution >= 4 is 21.8 Å². The maximum absolute atomic E-state index is 3.58. The zero-order chi connectivity index (χ0) is 19.7. The number of allylic oxidation sites excluding steroid dienone is 4. The van der Waals surface area contributed by atoms with E-state index in [1.807, 2.05) is 0 Å². The number of aromatic nitrogens is 2. The van der Waals surface area contributed by atoms with Crippen molar-refractivity contribution in [2.75, 3.05) is 0 Å². The molecule has 0 radical (unpaired) electrons. The molecule has 0 bridgehead atoms. The highest BCUT2D eigenvalue weighted by Crippen LogP contribution is 2.37. The summed E-state index contributed by atoms with van der Waals surface area (Å²) in [6.45, 7) is 8.66. The Hall–Kier alpha value is -3.00. The number of rotatable bonds is 5. The molecular weight excluding hydrogens is 340 g/mol. The Balaban J connectivity index is 1.88. The lowest BCUT2D eigenvalue weighted by Gasteiger charge is -2.13. The second-order valence-corrected chi connectivity index (χ2v) is 8.08. The maximum Gasteiger partial charge on any atom is 0.0492 e. The van der Waals surface area contributed by atoms with Gasteiger partial charge in [-0.15, -0.1) is 0 Å². The van der Waals surface area contributed by atoms with Crippen molar-refractivity contribution in [3.05, 3.63) is 94.8 Å². The van der Waals surface area contributed by atoms with Gasteiger partial charge >= 0.3 is 0 Å². The summed E-state index contributed by atoms with van der Waals surface area (Å²) in [6.07, 6.45) is 9.99. The SMILES string of the molecule is CC(C)=CCc1cccc2c([C@@H](C=C(C)C)c3c[nH]c4ccccc34)c[nH]c12. The lowest BCUT2D eigenvalue weighted by atomic mass is 9.88. The van der Waals surface area contributed by atoms with Crippen LogP contribution in [-0.2, 0) is 6.42 Å². The van der Waals surface area contributed by atoms with Gasteiger partial charge < -0.3 is 9.97 Å². The molecule has 0 spiro atoms. The Labute approximate surface area is 167 Å². The van der Waals surface area contributed by atoms with Gasteiger partial charge in [0.1, 0.15) is 0 Å². The van der Waals surface area contributed by atoms with Crippen molar-refractivity contribution in [1.29, 1.82) is 0 Å². The minimum absolute atomic E-state index is 0.216. The number of H-pyrrole nitrogens is 2. The molecule has 0 aliphatic carbocycles. The zero-order valence-electron chi connectivity index (χ0n) is 17.1. The van der Waals surface area contributed by atoms with E-state index in [9.17, 15) is 0 Å². The molecule has 4 aromatic rings. The fraction of sp³-hybridized carbons (Fsp3) is 0.231. The Morgan fingerprint density at radius 3 is 2.32 bits per heavy atom. The highest BCUT2D eigenvalue weighted by Gasteiger charge is 2.20. The molecule has 0 aliphatic rings. The number of hydrogen-bond donors (Lipinski definition) is 2. The lowest BCUT2D eigenvalue weighted by molar-refractivity contribution is 1.03. The van der Waals surface area contributed by atoms with Crippen molar-refractivity contribution in [1.82, 2.24) is 9.97 Å². The van der Waals surface area contributed by atoms with Gasteiger partial charge in [0, 0.05) is 40.1 Å². The van der Waals surface area contributed by atoms with Crippen LogP contribution in [-0.4, -0.2) is 9.97 Å². The molecule has 2 heteroatoms. The summed E-state index contributed by atoms with van der Waals surface area (Å²) in [6, 6.07) is 15.2. The molecule has 2 N–H and O–H groups in total. The van der Waals surface area contributed by atoms with Crippen LogP contribution in [0.4, 0.5) is 0 Å². The number of fused-ring (bicyclic) bond motifs is 2. The van der Waals surface area contributed by atoms with E-state index in [0.29, 0.717) is 0 Å². The number of para-hydroxylation sites is 2. The third-order valence-corrected chi connectivity index (χ3v) is 5.36. The number of benzene rings is 2. The Bertz CT molecular complexity index is 1180. The van der Waals surface area contributed by atoms with Gasteiger partial charge in [0.2, 0.25) is 0 Å². The largest absolute Gasteiger partial charge is 0.361 e. The van der Waals surface area contributed by atoms with Crippen molar-refractivity contribution in [3.8, 4) is 0 Å². The average Bonchev–Trinajstić information content (AvgIpc) is 3.29. The quantitative estimate of drug-likeness (QED) is 0.348. The number of nitrogens with one attached hydrogen (secondary N) is 2. The van der Waals surface area contributed by atoms with Gasteiger partial charge in [-0.25, -0.2) is 0 Å². The molecule has 0 aliphatic heterocycles. The molecule has 4 rings (SSSR count). The first-order valence-electron chi connectivity index (χ1n) is 9.98. The monoisotopic (exact) mass is 368 g/mol. The van der Waals surface area contributed by atoms with Gasteiger partial charge in [0.15, 0.2) is 0 Å². The predicted molar refractivity (Wildman–Crippen MR) is 121 cm³/mol. The summed E-state index contributed by atoms with van der Waals surface area (Å²) < 4.78 is 0. The van der Waals surface area contributed by atoms with Gasteiger partial charge in [0.25, 0.3) is 0 Å². The van der Waals surface area contributed by atoms with Gasteiger partial charge in [-0.1, -0.05) is 59.7 Å². The minimum atomic E-state index is 0.216. The molecule has 0 saturated carbocycles. The first-order chi connectivity index (χ1) is 13.5. The molecule has 2 aromatic carbocycles. The average molecular weight is 369 g/mol. The third-order valence-electron chi connectivity index (χ3n) is 5.36. The Morgan fingerprint density at radius 2 is 1.54 bits per heavy atom. The molecule has 0 unspecified atom stereocenters. The van der Waals surface area contributed by atoms with Gasteiger partial charge in [-0.3, -0.25) is 0 Å². The molecule has 28 heavy (non-hydrogen) atoms. The predicted octanol–water partition coefficient (Wildman–Crippen LogP) is 7.26. The van der Waals surface area contributed by atoms with Crippen LogP contribution in [0.15, 0.2) is 78.2 Å². The minimum Gasteiger partial charge on any atom is -0.361 e. The molecule has 0 fully saturated rings. The summed E-state index contributed by atoms with van der Waals surface area (Å²) >= 11 is 0. The van der Waals surface area contributed by atoms with E-state index in [-0.39, 0.29) is 5.92 Å². The van der Waals surface area contributed by atoms with Crippen LogP contribution in [0.1, 0.15) is 50.3 Å². The molecule has 1 atom stereocenters. The second-order valence-electron chi connectivity index (χ2n) is 8.08. The number of hydrogen-bond acceptors (Lipinski definition) is 0. The molecule has 142 valence electrons. The van der Waals surface area contributed by atoms with E-state index in [4.69, 9.17) is 0 Å². The van der Waals surface area contributed by atoms with Crippen LogP contribution in [0.3, 0.4) is 0 Å². The molecule has 0 saturated heterocycles. The van der Waals surface area contributed by atoms with Crippen molar-refractivity contribution in [3.63, 3.8) is 0 Å². The van der Waals surface area contributed by atoms with Crippen LogP contribution >= 0.6 is 0 Å². The fourth-order valence-corrected chi connectivity index (χ4v) is 4.01. The molecular formula is C26H28N2. The van der Waals surface area contributed by atoms with Crippen LogP contribution in [0.25, 0.3) is 21.8 Å². The first-order valence-corrected chi connectivity index (χ1v) is 9.98. The van der Waals surface area contributed by atoms with Gasteiger partial charge in [0.05, 0.1) is 0 Å². The van der Waals surface area contributed by atoms with Crippen LogP contribution in [0.2, 0.25) is 0 Å². The first kappa shape index (κ1) is 18.4. The fourth-order valence-electron chi connectivity index (χ4n) is 4.01. The van der Waals surface area contributed by atoms with Crippen LogP contribution in [0.5, 0.6) is 0 Å². The standard InChI is InChI=1S/C26H28N2/c1-17(2)12-13-19-8-7-10-21-24(16-28-26(19)21)22(14-18(3)4)23-15-27-25-11-6-5-9-20(23)25/h5-12,14-16,22,27-28H,13H2,1-4H3/t22-/m0/s1. The smallest absolute Gasteiger partial charge is 0.0492 e. The molecule has 2 nitrogen and oxygen atoms in total. The van der Waals surface area contributed by atoms with Crippen molar-refractivity contribution < 1.29 is 0 Å². The highest BCUT2D eigenvalue weighted by atomic mass is 14.7. The summed E-state index contributed by atoms with van der Waals surface area (Å²) in [4.78, 5) is 7.02. The van der Waals surface area contributed by atoms with Crippen LogP contribution in [0, 0.1) is 0 Å². The molecule has 2 aromatic heterocycles. The van der Waals surface area contributed by atoms with E-state index in [1.54, 1.807) is 0 Å². The highest BCUT2D eigenvalue weighted by molar-refractivity contribution is 5.90. The van der Waals surface area contributed by atoms with Gasteiger partial charge in [-0.05, 0) is 56.9 Å². The summed E-state index contributed by atoms with van der Waals surface area (Å²) in [5.74, 6) is 0.216. The normalized spacial score (nSPS) is 12.3. The van der Waals surface area contributed by atoms with E-state index in [2.05, 4.69) is 105 Å². The molecule has 2 heterocycles. The third kappa shape index (κ3) is 3.43. The zero-order valence-corrected chi connectivity index (χ0v) is 17.1. The Kier molecular flexibility index (Phi) is 4.95. The van der Waals surface area contributed by atoms with Crippen molar-refractivity contribution in [2.24, 2.45) is 0 Å². The van der Waals surface area contributed by atoms with Gasteiger partial charge in [-0.2, -0.15) is 0 Å². The van der Waals surface area contributed by atoms with E-state index in [1.165, 1.54) is 49.6 Å². The topological polar surface area (TPSA) is 31.6 Å². The summed E-state index contributed by atoms with van der Waals surface area (Å²) in [5, 5.41) is 2.60. The molecule has 0 amide bonds. The van der Waals surface area contributed by atoms with Crippen LogP contribution < -0.4 is 0 Å². The van der Waals surface area contributed by atoms with E-state index >= 15 is 0 Å². The summed E-state index contributed by atoms with van der Waals surface area (Å²) in [7, 11) is 0. The Morgan fingerprint density at radius 1 is 0.821 bits per heavy atom.